The van der Waals surface area contributed by atoms with Gasteiger partial charge in [-0.1, -0.05) is 66.4 Å². The van der Waals surface area contributed by atoms with Crippen LogP contribution in [0.5, 0.6) is 17.2 Å². The highest BCUT2D eigenvalue weighted by atomic mass is 79.9. The molecular weight excluding hydrogens is 380 g/mol. The van der Waals surface area contributed by atoms with Crippen LogP contribution in [0.2, 0.25) is 0 Å². The fraction of sp³-hybridized carbons (Fsp3) is 0.524. The highest BCUT2D eigenvalue weighted by Gasteiger charge is 2.14. The van der Waals surface area contributed by atoms with E-state index in [2.05, 4.69) is 35.0 Å². The molecule has 25 heavy (non-hydrogen) atoms. The van der Waals surface area contributed by atoms with E-state index in [1.54, 1.807) is 7.11 Å². The van der Waals surface area contributed by atoms with Gasteiger partial charge >= 0.3 is 0 Å². The second kappa shape index (κ2) is 11.2. The van der Waals surface area contributed by atoms with Crippen LogP contribution in [0.1, 0.15) is 45.4 Å². The maximum Gasteiger partial charge on any atom is 0.169 e. The number of methoxy groups -OCH3 is 1. The molecule has 0 heterocycles. The Bertz CT molecular complexity index is 642. The lowest BCUT2D eigenvalue weighted by Crippen LogP contribution is -2.02. The Labute approximate surface area is 159 Å². The van der Waals surface area contributed by atoms with Crippen LogP contribution < -0.4 is 14.2 Å². The average Bonchev–Trinajstić information content (AvgIpc) is 2.65. The minimum Gasteiger partial charge on any atom is -0.493 e. The highest BCUT2D eigenvalue weighted by molar-refractivity contribution is 9.09. The standard InChI is InChI=1S/C21H29BrO3/c1-3-4-14-25-21-18-12-8-7-11-17(18)19(16-20(21)23-2)24-15-10-6-5-9-13-22/h7-8,11-12,16H,3-6,9-10,13-15H2,1-2H3. The van der Waals surface area contributed by atoms with Gasteiger partial charge in [0.1, 0.15) is 5.75 Å². The van der Waals surface area contributed by atoms with E-state index in [9.17, 15) is 0 Å². The van der Waals surface area contributed by atoms with Gasteiger partial charge in [-0.2, -0.15) is 0 Å². The van der Waals surface area contributed by atoms with Gasteiger partial charge < -0.3 is 14.2 Å². The Hall–Kier alpha value is -1.42. The molecule has 0 fully saturated rings. The van der Waals surface area contributed by atoms with Crippen LogP contribution in [0.15, 0.2) is 30.3 Å². The van der Waals surface area contributed by atoms with Crippen LogP contribution >= 0.6 is 15.9 Å². The molecule has 0 aliphatic heterocycles. The predicted octanol–water partition coefficient (Wildman–Crippen LogP) is 6.36. The molecule has 4 heteroatoms. The SMILES string of the molecule is CCCCOc1c(OC)cc(OCCCCCCBr)c2ccccc12. The number of ether oxygens (including phenoxy) is 3. The van der Waals surface area contributed by atoms with Gasteiger partial charge in [0, 0.05) is 22.2 Å². The van der Waals surface area contributed by atoms with Crippen molar-refractivity contribution in [3.8, 4) is 17.2 Å². The van der Waals surface area contributed by atoms with E-state index in [0.29, 0.717) is 6.61 Å². The first-order valence-electron chi connectivity index (χ1n) is 9.23. The minimum absolute atomic E-state index is 0.699. The molecule has 3 nitrogen and oxygen atoms in total. The highest BCUT2D eigenvalue weighted by Crippen LogP contribution is 2.41. The van der Waals surface area contributed by atoms with E-state index in [1.807, 2.05) is 18.2 Å². The molecule has 0 aromatic heterocycles. The van der Waals surface area contributed by atoms with Crippen molar-refractivity contribution in [3.05, 3.63) is 30.3 Å². The first-order valence-corrected chi connectivity index (χ1v) is 10.3. The molecule has 2 aromatic rings. The molecule has 0 spiro atoms. The second-order valence-corrected chi connectivity index (χ2v) is 6.90. The summed E-state index contributed by atoms with van der Waals surface area (Å²) < 4.78 is 17.7. The van der Waals surface area contributed by atoms with E-state index in [4.69, 9.17) is 14.2 Å². The molecule has 0 N–H and O–H groups in total. The zero-order chi connectivity index (χ0) is 17.9. The fourth-order valence-electron chi connectivity index (χ4n) is 2.76. The number of benzene rings is 2. The third-order valence-corrected chi connectivity index (χ3v) is 4.73. The molecule has 0 radical (unpaired) electrons. The quantitative estimate of drug-likeness (QED) is 0.302. The van der Waals surface area contributed by atoms with E-state index in [0.717, 1.165) is 59.2 Å². The third kappa shape index (κ3) is 5.81. The van der Waals surface area contributed by atoms with Crippen LogP contribution in [-0.4, -0.2) is 25.7 Å². The van der Waals surface area contributed by atoms with Crippen LogP contribution in [-0.2, 0) is 0 Å². The van der Waals surface area contributed by atoms with Crippen molar-refractivity contribution in [2.24, 2.45) is 0 Å². The molecule has 138 valence electrons. The number of rotatable bonds is 12. The van der Waals surface area contributed by atoms with Crippen molar-refractivity contribution >= 4 is 26.7 Å². The largest absolute Gasteiger partial charge is 0.493 e. The monoisotopic (exact) mass is 408 g/mol. The van der Waals surface area contributed by atoms with Crippen molar-refractivity contribution in [2.75, 3.05) is 25.7 Å². The van der Waals surface area contributed by atoms with Crippen molar-refractivity contribution in [2.45, 2.75) is 45.4 Å². The van der Waals surface area contributed by atoms with Gasteiger partial charge in [-0.25, -0.2) is 0 Å². The summed E-state index contributed by atoms with van der Waals surface area (Å²) in [4.78, 5) is 0. The molecule has 0 bridgehead atoms. The number of alkyl halides is 1. The van der Waals surface area contributed by atoms with E-state index in [-0.39, 0.29) is 0 Å². The molecule has 0 saturated carbocycles. The van der Waals surface area contributed by atoms with Crippen LogP contribution in [0.3, 0.4) is 0 Å². The number of fused-ring (bicyclic) bond motifs is 1. The molecular formula is C21H29BrO3. The number of unbranched alkanes of at least 4 members (excludes halogenated alkanes) is 4. The van der Waals surface area contributed by atoms with Crippen LogP contribution in [0.25, 0.3) is 10.8 Å². The van der Waals surface area contributed by atoms with Gasteiger partial charge in [-0.3, -0.25) is 0 Å². The zero-order valence-electron chi connectivity index (χ0n) is 15.4. The van der Waals surface area contributed by atoms with E-state index >= 15 is 0 Å². The first kappa shape index (κ1) is 19.9. The van der Waals surface area contributed by atoms with Gasteiger partial charge in [0.25, 0.3) is 0 Å². The van der Waals surface area contributed by atoms with Gasteiger partial charge in [-0.05, 0) is 19.3 Å². The Morgan fingerprint density at radius 3 is 2.28 bits per heavy atom. The molecule has 2 rings (SSSR count). The molecule has 0 aliphatic carbocycles. The number of hydrogen-bond donors (Lipinski definition) is 0. The molecule has 0 atom stereocenters. The first-order chi connectivity index (χ1) is 12.3. The zero-order valence-corrected chi connectivity index (χ0v) is 16.9. The van der Waals surface area contributed by atoms with E-state index in [1.165, 1.54) is 19.3 Å². The summed E-state index contributed by atoms with van der Waals surface area (Å²) >= 11 is 3.47. The molecule has 0 amide bonds. The van der Waals surface area contributed by atoms with Gasteiger partial charge in [0.15, 0.2) is 11.5 Å². The summed E-state index contributed by atoms with van der Waals surface area (Å²) in [5, 5.41) is 3.21. The fourth-order valence-corrected chi connectivity index (χ4v) is 3.16. The Kier molecular flexibility index (Phi) is 8.95. The molecule has 0 aliphatic rings. The van der Waals surface area contributed by atoms with Gasteiger partial charge in [-0.15, -0.1) is 0 Å². The number of hydrogen-bond acceptors (Lipinski definition) is 3. The topological polar surface area (TPSA) is 27.7 Å². The van der Waals surface area contributed by atoms with Crippen LogP contribution in [0, 0.1) is 0 Å². The lowest BCUT2D eigenvalue weighted by molar-refractivity contribution is 0.286. The lowest BCUT2D eigenvalue weighted by atomic mass is 10.1. The van der Waals surface area contributed by atoms with Crippen molar-refractivity contribution in [1.29, 1.82) is 0 Å². The minimum atomic E-state index is 0.699. The smallest absolute Gasteiger partial charge is 0.169 e. The van der Waals surface area contributed by atoms with Crippen molar-refractivity contribution in [1.82, 2.24) is 0 Å². The number of halogens is 1. The summed E-state index contributed by atoms with van der Waals surface area (Å²) in [5.41, 5.74) is 0. The predicted molar refractivity (Wildman–Crippen MR) is 109 cm³/mol. The third-order valence-electron chi connectivity index (χ3n) is 4.17. The molecule has 0 saturated heterocycles. The average molecular weight is 409 g/mol. The summed E-state index contributed by atoms with van der Waals surface area (Å²) in [6.07, 6.45) is 6.86. The molecule has 2 aromatic carbocycles. The second-order valence-electron chi connectivity index (χ2n) is 6.11. The Morgan fingerprint density at radius 1 is 0.840 bits per heavy atom. The van der Waals surface area contributed by atoms with Gasteiger partial charge in [0.2, 0.25) is 0 Å². The van der Waals surface area contributed by atoms with E-state index < -0.39 is 0 Å². The normalized spacial score (nSPS) is 10.8. The summed E-state index contributed by atoms with van der Waals surface area (Å²) in [6.45, 7) is 3.59. The molecule has 0 unspecified atom stereocenters. The Morgan fingerprint density at radius 2 is 1.56 bits per heavy atom. The summed E-state index contributed by atoms with van der Waals surface area (Å²) in [6, 6.07) is 10.2. The van der Waals surface area contributed by atoms with Crippen molar-refractivity contribution < 1.29 is 14.2 Å². The maximum atomic E-state index is 6.08. The maximum absolute atomic E-state index is 6.08. The lowest BCUT2D eigenvalue weighted by Gasteiger charge is -2.17. The van der Waals surface area contributed by atoms with Gasteiger partial charge in [0.05, 0.1) is 20.3 Å². The summed E-state index contributed by atoms with van der Waals surface area (Å²) in [7, 11) is 1.68. The van der Waals surface area contributed by atoms with Crippen molar-refractivity contribution in [3.63, 3.8) is 0 Å². The Balaban J connectivity index is 2.16. The van der Waals surface area contributed by atoms with Crippen LogP contribution in [0.4, 0.5) is 0 Å². The summed E-state index contributed by atoms with van der Waals surface area (Å²) in [5.74, 6) is 2.43.